The van der Waals surface area contributed by atoms with E-state index in [-0.39, 0.29) is 10.7 Å². The van der Waals surface area contributed by atoms with Crippen molar-refractivity contribution in [2.24, 2.45) is 5.73 Å². The van der Waals surface area contributed by atoms with E-state index >= 15 is 0 Å². The van der Waals surface area contributed by atoms with Crippen LogP contribution in [0.3, 0.4) is 0 Å². The molecule has 2 aromatic carbocycles. The number of benzene rings is 2. The molecule has 0 fully saturated rings. The van der Waals surface area contributed by atoms with E-state index in [4.69, 9.17) is 5.73 Å². The lowest BCUT2D eigenvalue weighted by molar-refractivity contribution is 0.600. The molecular formula is C14H14BrFN2O2S. The molecule has 0 heterocycles. The zero-order valence-electron chi connectivity index (χ0n) is 11.2. The second kappa shape index (κ2) is 6.13. The average molecular weight is 373 g/mol. The monoisotopic (exact) mass is 372 g/mol. The topological polar surface area (TPSA) is 72.2 Å². The average Bonchev–Trinajstić information content (AvgIpc) is 2.42. The van der Waals surface area contributed by atoms with Gasteiger partial charge in [0.2, 0.25) is 0 Å². The highest BCUT2D eigenvalue weighted by Crippen LogP contribution is 2.26. The second-order valence-electron chi connectivity index (χ2n) is 4.54. The lowest BCUT2D eigenvalue weighted by Crippen LogP contribution is -2.14. The Morgan fingerprint density at radius 1 is 1.24 bits per heavy atom. The van der Waals surface area contributed by atoms with Crippen molar-refractivity contribution in [3.05, 3.63) is 57.8 Å². The first-order valence-electron chi connectivity index (χ1n) is 6.11. The highest BCUT2D eigenvalue weighted by molar-refractivity contribution is 9.10. The van der Waals surface area contributed by atoms with Crippen molar-refractivity contribution in [3.63, 3.8) is 0 Å². The first kappa shape index (κ1) is 15.9. The van der Waals surface area contributed by atoms with E-state index in [9.17, 15) is 12.8 Å². The Hall–Kier alpha value is -1.44. The fourth-order valence-electron chi connectivity index (χ4n) is 1.81. The Kier molecular flexibility index (Phi) is 4.65. The van der Waals surface area contributed by atoms with Gasteiger partial charge < -0.3 is 5.73 Å². The highest BCUT2D eigenvalue weighted by Gasteiger charge is 2.18. The van der Waals surface area contributed by atoms with Gasteiger partial charge >= 0.3 is 0 Å². The number of aryl methyl sites for hydroxylation is 1. The highest BCUT2D eigenvalue weighted by atomic mass is 79.9. The van der Waals surface area contributed by atoms with E-state index in [1.54, 1.807) is 19.1 Å². The predicted molar refractivity (Wildman–Crippen MR) is 84.0 cm³/mol. The van der Waals surface area contributed by atoms with Crippen molar-refractivity contribution in [1.82, 2.24) is 0 Å². The molecule has 0 saturated carbocycles. The summed E-state index contributed by atoms with van der Waals surface area (Å²) >= 11 is 3.23. The number of nitrogens with one attached hydrogen (secondary N) is 1. The first-order valence-corrected chi connectivity index (χ1v) is 8.38. The molecule has 2 aromatic rings. The molecule has 0 radical (unpaired) electrons. The first-order chi connectivity index (χ1) is 9.83. The van der Waals surface area contributed by atoms with Gasteiger partial charge in [0.25, 0.3) is 10.0 Å². The summed E-state index contributed by atoms with van der Waals surface area (Å²) < 4.78 is 40.8. The van der Waals surface area contributed by atoms with Crippen molar-refractivity contribution in [3.8, 4) is 0 Å². The van der Waals surface area contributed by atoms with E-state index in [1.807, 2.05) is 0 Å². The maximum Gasteiger partial charge on any atom is 0.263 e. The lowest BCUT2D eigenvalue weighted by Gasteiger charge is -2.11. The molecule has 0 amide bonds. The van der Waals surface area contributed by atoms with E-state index in [0.717, 1.165) is 5.56 Å². The van der Waals surface area contributed by atoms with E-state index in [1.165, 1.54) is 24.3 Å². The van der Waals surface area contributed by atoms with Crippen LogP contribution in [0.1, 0.15) is 11.1 Å². The molecule has 0 atom stereocenters. The molecule has 2 rings (SSSR count). The van der Waals surface area contributed by atoms with Crippen LogP contribution in [-0.2, 0) is 16.6 Å². The fourth-order valence-corrected chi connectivity index (χ4v) is 3.98. The van der Waals surface area contributed by atoms with Gasteiger partial charge in [0.15, 0.2) is 0 Å². The van der Waals surface area contributed by atoms with Crippen molar-refractivity contribution < 1.29 is 12.8 Å². The standard InChI is InChI=1S/C14H14BrFN2O2S/c1-9-6-11(3-4-13(9)16)18-21(19,20)14-5-2-10(8-17)7-12(14)15/h2-7,18H,8,17H2,1H3. The van der Waals surface area contributed by atoms with Crippen LogP contribution < -0.4 is 10.5 Å². The summed E-state index contributed by atoms with van der Waals surface area (Å²) in [6.07, 6.45) is 0. The van der Waals surface area contributed by atoms with E-state index in [2.05, 4.69) is 20.7 Å². The molecule has 3 N–H and O–H groups in total. The normalized spacial score (nSPS) is 11.4. The summed E-state index contributed by atoms with van der Waals surface area (Å²) in [4.78, 5) is 0.0988. The summed E-state index contributed by atoms with van der Waals surface area (Å²) in [5.41, 5.74) is 7.01. The Labute approximate surface area is 131 Å². The summed E-state index contributed by atoms with van der Waals surface area (Å²) in [5, 5.41) is 0. The quantitative estimate of drug-likeness (QED) is 0.865. The van der Waals surface area contributed by atoms with Gasteiger partial charge in [-0.2, -0.15) is 0 Å². The number of nitrogens with two attached hydrogens (primary N) is 1. The summed E-state index contributed by atoms with van der Waals surface area (Å²) in [5.74, 6) is -0.383. The number of halogens is 2. The lowest BCUT2D eigenvalue weighted by atomic mass is 10.2. The Morgan fingerprint density at radius 3 is 2.52 bits per heavy atom. The third kappa shape index (κ3) is 3.61. The molecule has 112 valence electrons. The molecule has 0 aliphatic heterocycles. The van der Waals surface area contributed by atoms with Crippen LogP contribution in [-0.4, -0.2) is 8.42 Å². The zero-order valence-corrected chi connectivity index (χ0v) is 13.6. The minimum absolute atomic E-state index is 0.0988. The second-order valence-corrected chi connectivity index (χ2v) is 7.04. The zero-order chi connectivity index (χ0) is 15.6. The van der Waals surface area contributed by atoms with Gasteiger partial charge in [-0.3, -0.25) is 4.72 Å². The third-order valence-electron chi connectivity index (χ3n) is 2.93. The molecule has 0 spiro atoms. The van der Waals surface area contributed by atoms with Crippen LogP contribution in [0.5, 0.6) is 0 Å². The Bertz CT molecular complexity index is 779. The molecular weight excluding hydrogens is 359 g/mol. The van der Waals surface area contributed by atoms with E-state index < -0.39 is 10.0 Å². The minimum atomic E-state index is -3.76. The van der Waals surface area contributed by atoms with Gasteiger partial charge in [-0.05, 0) is 64.3 Å². The third-order valence-corrected chi connectivity index (χ3v) is 5.29. The van der Waals surface area contributed by atoms with Crippen molar-refractivity contribution in [2.75, 3.05) is 4.72 Å². The van der Waals surface area contributed by atoms with Crippen LogP contribution >= 0.6 is 15.9 Å². The summed E-state index contributed by atoms with van der Waals surface area (Å²) in [6.45, 7) is 1.89. The van der Waals surface area contributed by atoms with Gasteiger partial charge in [0.05, 0.1) is 0 Å². The molecule has 4 nitrogen and oxygen atoms in total. The van der Waals surface area contributed by atoms with Crippen LogP contribution in [0.4, 0.5) is 10.1 Å². The number of anilines is 1. The summed E-state index contributed by atoms with van der Waals surface area (Å²) in [7, 11) is -3.76. The molecule has 0 aliphatic carbocycles. The largest absolute Gasteiger partial charge is 0.326 e. The van der Waals surface area contributed by atoms with Crippen LogP contribution in [0, 0.1) is 12.7 Å². The van der Waals surface area contributed by atoms with Gasteiger partial charge in [-0.1, -0.05) is 6.07 Å². The number of sulfonamides is 1. The molecule has 0 bridgehead atoms. The Balaban J connectivity index is 2.36. The predicted octanol–water partition coefficient (Wildman–Crippen LogP) is 3.16. The molecule has 7 heteroatoms. The minimum Gasteiger partial charge on any atom is -0.326 e. The molecule has 0 aliphatic rings. The maximum atomic E-state index is 13.2. The van der Waals surface area contributed by atoms with Crippen LogP contribution in [0.25, 0.3) is 0 Å². The van der Waals surface area contributed by atoms with Gasteiger partial charge in [-0.15, -0.1) is 0 Å². The molecule has 21 heavy (non-hydrogen) atoms. The van der Waals surface area contributed by atoms with Gasteiger partial charge in [-0.25, -0.2) is 12.8 Å². The van der Waals surface area contributed by atoms with Gasteiger partial charge in [0, 0.05) is 16.7 Å². The van der Waals surface area contributed by atoms with Crippen LogP contribution in [0.2, 0.25) is 0 Å². The molecule has 0 aromatic heterocycles. The molecule has 0 unspecified atom stereocenters. The van der Waals surface area contributed by atoms with Crippen LogP contribution in [0.15, 0.2) is 45.8 Å². The van der Waals surface area contributed by atoms with Gasteiger partial charge in [0.1, 0.15) is 10.7 Å². The number of hydrogen-bond donors (Lipinski definition) is 2. The van der Waals surface area contributed by atoms with Crippen molar-refractivity contribution in [1.29, 1.82) is 0 Å². The Morgan fingerprint density at radius 2 is 1.95 bits per heavy atom. The van der Waals surface area contributed by atoms with Crippen molar-refractivity contribution in [2.45, 2.75) is 18.4 Å². The smallest absolute Gasteiger partial charge is 0.263 e. The molecule has 0 saturated heterocycles. The number of hydrogen-bond acceptors (Lipinski definition) is 3. The SMILES string of the molecule is Cc1cc(NS(=O)(=O)c2ccc(CN)cc2Br)ccc1F. The fraction of sp³-hybridized carbons (Fsp3) is 0.143. The van der Waals surface area contributed by atoms with E-state index in [0.29, 0.717) is 22.3 Å². The maximum absolute atomic E-state index is 13.2. The number of rotatable bonds is 4. The summed E-state index contributed by atoms with van der Waals surface area (Å²) in [6, 6.07) is 8.82. The van der Waals surface area contributed by atoms with Crippen molar-refractivity contribution >= 4 is 31.6 Å².